The molecule has 2 aromatic rings. The molecule has 0 aliphatic heterocycles. The fraction of sp³-hybridized carbons (Fsp3) is 0.360. The molecule has 0 unspecified atom stereocenters. The van der Waals surface area contributed by atoms with Crippen LogP contribution in [0.15, 0.2) is 71.6 Å². The van der Waals surface area contributed by atoms with Gasteiger partial charge in [0, 0.05) is 37.1 Å². The van der Waals surface area contributed by atoms with Crippen LogP contribution >= 0.6 is 22.6 Å². The fourth-order valence-corrected chi connectivity index (χ4v) is 4.32. The summed E-state index contributed by atoms with van der Waals surface area (Å²) in [6.45, 7) is 3.81. The molecule has 0 fully saturated rings. The second-order valence-corrected chi connectivity index (χ2v) is 9.09. The van der Waals surface area contributed by atoms with Crippen LogP contribution in [-0.4, -0.2) is 58.3 Å². The molecule has 0 saturated carbocycles. The maximum atomic E-state index is 13.2. The van der Waals surface area contributed by atoms with Gasteiger partial charge in [-0.1, -0.05) is 18.2 Å². The number of ether oxygens (including phenoxy) is 1. The first-order chi connectivity index (χ1) is 16.4. The van der Waals surface area contributed by atoms with Crippen molar-refractivity contribution < 1.29 is 29.0 Å². The third kappa shape index (κ3) is 6.71. The van der Waals surface area contributed by atoms with E-state index in [1.807, 2.05) is 18.2 Å². The van der Waals surface area contributed by atoms with Gasteiger partial charge < -0.3 is 29.6 Å². The van der Waals surface area contributed by atoms with Gasteiger partial charge in [0.05, 0.1) is 28.7 Å². The molecule has 2 amide bonds. The maximum Gasteiger partial charge on any atom is 0.247 e. The summed E-state index contributed by atoms with van der Waals surface area (Å²) in [7, 11) is 0. The van der Waals surface area contributed by atoms with E-state index in [2.05, 4.69) is 34.5 Å². The van der Waals surface area contributed by atoms with Gasteiger partial charge in [0.15, 0.2) is 0 Å². The van der Waals surface area contributed by atoms with Gasteiger partial charge in [0.2, 0.25) is 11.8 Å². The summed E-state index contributed by atoms with van der Waals surface area (Å²) in [6, 6.07) is 8.42. The van der Waals surface area contributed by atoms with E-state index in [1.165, 1.54) is 6.26 Å². The highest BCUT2D eigenvalue weighted by molar-refractivity contribution is 14.1. The Bertz CT molecular complexity index is 1010. The molecule has 34 heavy (non-hydrogen) atoms. The highest BCUT2D eigenvalue weighted by Crippen LogP contribution is 2.30. The minimum Gasteiger partial charge on any atom is -0.482 e. The highest BCUT2D eigenvalue weighted by atomic mass is 127. The van der Waals surface area contributed by atoms with Gasteiger partial charge in [0.25, 0.3) is 0 Å². The topological polar surface area (TPSA) is 112 Å². The average molecular weight is 580 g/mol. The Morgan fingerprint density at radius 1 is 1.32 bits per heavy atom. The summed E-state index contributed by atoms with van der Waals surface area (Å²) in [5.74, 6) is 0.0258. The van der Waals surface area contributed by atoms with Gasteiger partial charge in [0.1, 0.15) is 18.0 Å². The van der Waals surface area contributed by atoms with E-state index in [-0.39, 0.29) is 44.4 Å². The summed E-state index contributed by atoms with van der Waals surface area (Å²) >= 11 is 2.14. The van der Waals surface area contributed by atoms with Crippen LogP contribution < -0.4 is 10.1 Å². The number of allylic oxidation sites excluding steroid dienone is 1. The van der Waals surface area contributed by atoms with Crippen LogP contribution in [-0.2, 0) is 16.1 Å². The Morgan fingerprint density at radius 3 is 2.79 bits per heavy atom. The van der Waals surface area contributed by atoms with E-state index in [1.54, 1.807) is 35.4 Å². The molecule has 3 atom stereocenters. The molecule has 1 aliphatic carbocycles. The van der Waals surface area contributed by atoms with Crippen LogP contribution in [0.4, 0.5) is 0 Å². The van der Waals surface area contributed by atoms with Crippen LogP contribution in [0.1, 0.15) is 24.8 Å². The zero-order valence-electron chi connectivity index (χ0n) is 18.7. The number of halogens is 1. The number of nitrogens with one attached hydrogen (secondary N) is 1. The summed E-state index contributed by atoms with van der Waals surface area (Å²) < 4.78 is 12.1. The maximum absolute atomic E-state index is 13.2. The minimum absolute atomic E-state index is 0.0997. The van der Waals surface area contributed by atoms with Crippen LogP contribution in [0, 0.1) is 3.57 Å². The number of nitrogens with zero attached hydrogens (tertiary/aromatic N) is 1. The van der Waals surface area contributed by atoms with Crippen molar-refractivity contribution in [1.82, 2.24) is 10.2 Å². The van der Waals surface area contributed by atoms with E-state index < -0.39 is 18.2 Å². The Hall–Kier alpha value is -2.63. The predicted octanol–water partition coefficient (Wildman–Crippen LogP) is 2.79. The smallest absolute Gasteiger partial charge is 0.247 e. The predicted molar refractivity (Wildman–Crippen MR) is 135 cm³/mol. The molecule has 9 heteroatoms. The first-order valence-corrected chi connectivity index (χ1v) is 12.1. The van der Waals surface area contributed by atoms with E-state index >= 15 is 0 Å². The lowest BCUT2D eigenvalue weighted by Crippen LogP contribution is -2.54. The lowest BCUT2D eigenvalue weighted by atomic mass is 9.87. The Labute approximate surface area is 212 Å². The molecule has 3 rings (SSSR count). The number of aliphatic hydroxyl groups excluding tert-OH is 2. The van der Waals surface area contributed by atoms with Crippen molar-refractivity contribution in [2.24, 2.45) is 0 Å². The Balaban J connectivity index is 1.94. The molecule has 0 spiro atoms. The Kier molecular flexibility index (Phi) is 9.73. The third-order valence-corrected chi connectivity index (χ3v) is 6.42. The summed E-state index contributed by atoms with van der Waals surface area (Å²) in [6.07, 6.45) is 5.26. The molecule has 1 aliphatic rings. The molecule has 3 N–H and O–H groups in total. The number of furan rings is 1. The van der Waals surface area contributed by atoms with E-state index in [0.29, 0.717) is 17.7 Å². The van der Waals surface area contributed by atoms with E-state index in [0.717, 1.165) is 9.13 Å². The molecular weight excluding hydrogens is 551 g/mol. The quantitative estimate of drug-likeness (QED) is 0.279. The highest BCUT2D eigenvalue weighted by Gasteiger charge is 2.40. The molecule has 8 nitrogen and oxygen atoms in total. The summed E-state index contributed by atoms with van der Waals surface area (Å²) in [5, 5.41) is 23.1. The van der Waals surface area contributed by atoms with Crippen LogP contribution in [0.2, 0.25) is 0 Å². The lowest BCUT2D eigenvalue weighted by molar-refractivity contribution is -0.139. The second kappa shape index (κ2) is 12.7. The van der Waals surface area contributed by atoms with Crippen molar-refractivity contribution in [3.8, 4) is 5.75 Å². The number of carbonyl (C=O) groups is 2. The number of hydrogen-bond donors (Lipinski definition) is 3. The average Bonchev–Trinajstić information content (AvgIpc) is 3.35. The largest absolute Gasteiger partial charge is 0.482 e. The monoisotopic (exact) mass is 580 g/mol. The van der Waals surface area contributed by atoms with Crippen molar-refractivity contribution in [3.05, 3.63) is 76.3 Å². The third-order valence-electron chi connectivity index (χ3n) is 5.53. The molecule has 182 valence electrons. The number of amides is 2. The summed E-state index contributed by atoms with van der Waals surface area (Å²) in [4.78, 5) is 27.6. The van der Waals surface area contributed by atoms with Crippen molar-refractivity contribution in [1.29, 1.82) is 0 Å². The van der Waals surface area contributed by atoms with Crippen LogP contribution in [0.25, 0.3) is 0 Å². The summed E-state index contributed by atoms with van der Waals surface area (Å²) in [5.41, 5.74) is 1.16. The first-order valence-electron chi connectivity index (χ1n) is 11.0. The number of hydrogen-bond acceptors (Lipinski definition) is 6. The normalized spacial score (nSPS) is 19.7. The van der Waals surface area contributed by atoms with Crippen LogP contribution in [0.3, 0.4) is 0 Å². The van der Waals surface area contributed by atoms with Crippen molar-refractivity contribution in [2.75, 3.05) is 13.2 Å². The molecular formula is C25H29IN2O6. The standard InChI is InChI=1S/C25H29IN2O6/c1-2-3-8-23(30)28(15-17-9-12-33-16-17)20-13-18(25(32)27-10-11-29)14-22(24(20)31)34-21-7-5-4-6-19(21)26/h2,4-7,9,12,14,16,20,22,24,29,31H,1,3,8,10-11,13,15H2,(H,27,32)/t20-,22+,24+/m1/s1. The van der Waals surface area contributed by atoms with E-state index in [9.17, 15) is 14.7 Å². The first kappa shape index (κ1) is 26.0. The van der Waals surface area contributed by atoms with Gasteiger partial charge in [-0.3, -0.25) is 9.59 Å². The van der Waals surface area contributed by atoms with Crippen molar-refractivity contribution in [3.63, 3.8) is 0 Å². The van der Waals surface area contributed by atoms with Crippen LogP contribution in [0.5, 0.6) is 5.75 Å². The number of para-hydroxylation sites is 1. The number of rotatable bonds is 11. The van der Waals surface area contributed by atoms with Crippen molar-refractivity contribution in [2.45, 2.75) is 44.1 Å². The van der Waals surface area contributed by atoms with Gasteiger partial charge in [-0.15, -0.1) is 6.58 Å². The zero-order valence-corrected chi connectivity index (χ0v) is 20.9. The molecule has 1 aromatic heterocycles. The molecule has 1 aromatic carbocycles. The van der Waals surface area contributed by atoms with Gasteiger partial charge >= 0.3 is 0 Å². The molecule has 0 radical (unpaired) electrons. The van der Waals surface area contributed by atoms with E-state index in [4.69, 9.17) is 14.3 Å². The molecule has 1 heterocycles. The number of benzene rings is 1. The SMILES string of the molecule is C=CCCC(=O)N(Cc1ccoc1)[C@@H]1CC(C(=O)NCCO)=C[C@H](Oc2ccccc2I)[C@H]1O. The van der Waals surface area contributed by atoms with Gasteiger partial charge in [-0.25, -0.2) is 0 Å². The lowest BCUT2D eigenvalue weighted by Gasteiger charge is -2.40. The minimum atomic E-state index is -1.08. The number of carbonyl (C=O) groups excluding carboxylic acids is 2. The van der Waals surface area contributed by atoms with Crippen molar-refractivity contribution >= 4 is 34.4 Å². The zero-order chi connectivity index (χ0) is 24.5. The number of aliphatic hydroxyl groups is 2. The van der Waals surface area contributed by atoms with Gasteiger partial charge in [-0.2, -0.15) is 0 Å². The Morgan fingerprint density at radius 2 is 2.12 bits per heavy atom. The molecule has 0 saturated heterocycles. The molecule has 0 bridgehead atoms. The fourth-order valence-electron chi connectivity index (χ4n) is 3.81. The van der Waals surface area contributed by atoms with Gasteiger partial charge in [-0.05, 0) is 53.3 Å². The second-order valence-electron chi connectivity index (χ2n) is 7.93.